The van der Waals surface area contributed by atoms with Gasteiger partial charge in [0.1, 0.15) is 11.6 Å². The number of hydrogen-bond donors (Lipinski definition) is 1. The van der Waals surface area contributed by atoms with E-state index in [1.807, 2.05) is 6.92 Å². The van der Waals surface area contributed by atoms with Crippen molar-refractivity contribution in [1.29, 1.82) is 0 Å². The first-order chi connectivity index (χ1) is 10.8. The van der Waals surface area contributed by atoms with Crippen LogP contribution in [-0.2, 0) is 21.7 Å². The van der Waals surface area contributed by atoms with Crippen molar-refractivity contribution in [3.05, 3.63) is 5.82 Å². The Labute approximate surface area is 137 Å². The predicted molar refractivity (Wildman–Crippen MR) is 86.8 cm³/mol. The van der Waals surface area contributed by atoms with Crippen LogP contribution in [0, 0.1) is 0 Å². The highest BCUT2D eigenvalue weighted by Crippen LogP contribution is 2.39. The van der Waals surface area contributed by atoms with Gasteiger partial charge in [0.15, 0.2) is 0 Å². The summed E-state index contributed by atoms with van der Waals surface area (Å²) >= 11 is 0. The van der Waals surface area contributed by atoms with E-state index in [1.54, 1.807) is 7.05 Å². The fourth-order valence-electron chi connectivity index (χ4n) is 2.62. The van der Waals surface area contributed by atoms with Gasteiger partial charge in [-0.05, 0) is 26.2 Å². The number of aromatic nitrogens is 3. The van der Waals surface area contributed by atoms with Crippen LogP contribution in [0.3, 0.4) is 0 Å². The third-order valence-corrected chi connectivity index (χ3v) is 5.61. The molecule has 8 heteroatoms. The molecule has 1 aromatic heterocycles. The van der Waals surface area contributed by atoms with Gasteiger partial charge in [-0.3, -0.25) is 4.79 Å². The molecule has 0 saturated heterocycles. The van der Waals surface area contributed by atoms with E-state index < -0.39 is 21.5 Å². The number of carbonyl (C=O) groups is 1. The maximum atomic E-state index is 12.4. The van der Waals surface area contributed by atoms with Crippen molar-refractivity contribution < 1.29 is 13.2 Å². The minimum absolute atomic E-state index is 0.0224. The lowest BCUT2D eigenvalue weighted by atomic mass is 10.1. The van der Waals surface area contributed by atoms with Crippen LogP contribution in [0.5, 0.6) is 0 Å². The number of sulfone groups is 1. The van der Waals surface area contributed by atoms with Crippen LogP contribution in [-0.4, -0.2) is 40.9 Å². The topological polar surface area (TPSA) is 93.9 Å². The highest BCUT2D eigenvalue weighted by Gasteiger charge is 2.33. The number of carbonyl (C=O) groups excluding carboxylic acids is 1. The Hall–Kier alpha value is -1.44. The first kappa shape index (κ1) is 17.9. The summed E-state index contributed by atoms with van der Waals surface area (Å²) < 4.78 is 26.3. The Kier molecular flexibility index (Phi) is 5.78. The lowest BCUT2D eigenvalue weighted by Crippen LogP contribution is -2.37. The van der Waals surface area contributed by atoms with E-state index in [4.69, 9.17) is 0 Å². The number of hydrogen-bond acceptors (Lipinski definition) is 5. The zero-order valence-electron chi connectivity index (χ0n) is 14.1. The molecule has 2 rings (SSSR count). The smallest absolute Gasteiger partial charge is 0.250 e. The van der Waals surface area contributed by atoms with Crippen molar-refractivity contribution in [2.45, 2.75) is 69.5 Å². The van der Waals surface area contributed by atoms with E-state index in [2.05, 4.69) is 22.4 Å². The molecule has 0 aromatic carbocycles. The Morgan fingerprint density at radius 3 is 2.65 bits per heavy atom. The molecule has 130 valence electrons. The highest BCUT2D eigenvalue weighted by molar-refractivity contribution is 7.91. The largest absolute Gasteiger partial charge is 0.353 e. The number of amides is 1. The minimum Gasteiger partial charge on any atom is -0.353 e. The molecule has 0 aliphatic heterocycles. The van der Waals surface area contributed by atoms with Gasteiger partial charge in [-0.1, -0.05) is 26.2 Å². The molecule has 1 amide bonds. The lowest BCUT2D eigenvalue weighted by molar-refractivity contribution is -0.119. The summed E-state index contributed by atoms with van der Waals surface area (Å²) in [5.41, 5.74) is 0. The first-order valence-electron chi connectivity index (χ1n) is 8.26. The van der Waals surface area contributed by atoms with Crippen LogP contribution < -0.4 is 5.32 Å². The fraction of sp³-hybridized carbons (Fsp3) is 0.800. The summed E-state index contributed by atoms with van der Waals surface area (Å²) in [6.45, 7) is 4.01. The number of nitrogens with zero attached hydrogens (tertiary/aromatic N) is 3. The maximum Gasteiger partial charge on any atom is 0.250 e. The van der Waals surface area contributed by atoms with Crippen LogP contribution >= 0.6 is 0 Å². The SMILES string of the molecule is CCCCC[C@H](C)NC(=O)CS(=O)(=O)c1nnc(C2CC2)n1C. The van der Waals surface area contributed by atoms with E-state index in [0.717, 1.165) is 38.5 Å². The number of nitrogens with one attached hydrogen (secondary N) is 1. The molecular formula is C15H26N4O3S. The molecule has 1 aliphatic rings. The monoisotopic (exact) mass is 342 g/mol. The molecule has 0 unspecified atom stereocenters. The molecule has 0 radical (unpaired) electrons. The van der Waals surface area contributed by atoms with Gasteiger partial charge in [-0.2, -0.15) is 0 Å². The van der Waals surface area contributed by atoms with Crippen molar-refractivity contribution in [3.63, 3.8) is 0 Å². The highest BCUT2D eigenvalue weighted by atomic mass is 32.2. The van der Waals surface area contributed by atoms with Crippen LogP contribution in [0.2, 0.25) is 0 Å². The van der Waals surface area contributed by atoms with Crippen LogP contribution in [0.15, 0.2) is 5.16 Å². The van der Waals surface area contributed by atoms with Gasteiger partial charge in [-0.25, -0.2) is 8.42 Å². The number of unbranched alkanes of at least 4 members (excludes halogenated alkanes) is 2. The molecule has 0 spiro atoms. The Morgan fingerprint density at radius 1 is 1.35 bits per heavy atom. The molecule has 1 fully saturated rings. The van der Waals surface area contributed by atoms with Gasteiger partial charge in [0.2, 0.25) is 20.9 Å². The van der Waals surface area contributed by atoms with Gasteiger partial charge >= 0.3 is 0 Å². The van der Waals surface area contributed by atoms with Gasteiger partial charge in [0.05, 0.1) is 0 Å². The Morgan fingerprint density at radius 2 is 2.04 bits per heavy atom. The zero-order chi connectivity index (χ0) is 17.0. The third kappa shape index (κ3) is 4.76. The molecule has 1 heterocycles. The van der Waals surface area contributed by atoms with E-state index >= 15 is 0 Å². The molecule has 0 bridgehead atoms. The summed E-state index contributed by atoms with van der Waals surface area (Å²) in [4.78, 5) is 12.0. The molecule has 1 N–H and O–H groups in total. The normalized spacial score (nSPS) is 16.3. The molecular weight excluding hydrogens is 316 g/mol. The molecule has 1 aliphatic carbocycles. The Bertz CT molecular complexity index is 650. The van der Waals surface area contributed by atoms with Crippen LogP contribution in [0.25, 0.3) is 0 Å². The zero-order valence-corrected chi connectivity index (χ0v) is 14.9. The predicted octanol–water partition coefficient (Wildman–Crippen LogP) is 1.55. The quantitative estimate of drug-likeness (QED) is 0.687. The average Bonchev–Trinajstić information content (AvgIpc) is 3.20. The van der Waals surface area contributed by atoms with Gasteiger partial charge in [0.25, 0.3) is 0 Å². The van der Waals surface area contributed by atoms with Crippen LogP contribution in [0.4, 0.5) is 0 Å². The first-order valence-corrected chi connectivity index (χ1v) is 9.91. The van der Waals surface area contributed by atoms with Gasteiger partial charge in [-0.15, -0.1) is 10.2 Å². The summed E-state index contributed by atoms with van der Waals surface area (Å²) in [6.07, 6.45) is 6.14. The van der Waals surface area contributed by atoms with Crippen molar-refractivity contribution in [2.75, 3.05) is 5.75 Å². The van der Waals surface area contributed by atoms with Gasteiger partial charge < -0.3 is 9.88 Å². The van der Waals surface area contributed by atoms with E-state index in [0.29, 0.717) is 11.7 Å². The van der Waals surface area contributed by atoms with Crippen molar-refractivity contribution in [2.24, 2.45) is 7.05 Å². The van der Waals surface area contributed by atoms with E-state index in [1.165, 1.54) is 4.57 Å². The van der Waals surface area contributed by atoms with Crippen LogP contribution in [0.1, 0.15) is 64.1 Å². The van der Waals surface area contributed by atoms with Crippen molar-refractivity contribution >= 4 is 15.7 Å². The molecule has 1 saturated carbocycles. The van der Waals surface area contributed by atoms with Crippen molar-refractivity contribution in [3.8, 4) is 0 Å². The summed E-state index contributed by atoms with van der Waals surface area (Å²) in [5, 5.41) is 10.4. The minimum atomic E-state index is -3.77. The van der Waals surface area contributed by atoms with Gasteiger partial charge in [0, 0.05) is 19.0 Å². The molecule has 23 heavy (non-hydrogen) atoms. The van der Waals surface area contributed by atoms with Crippen molar-refractivity contribution in [1.82, 2.24) is 20.1 Å². The summed E-state index contributed by atoms with van der Waals surface area (Å²) in [7, 11) is -2.12. The standard InChI is InChI=1S/C15H26N4O3S/c1-4-5-6-7-11(2)16-13(20)10-23(21,22)15-18-17-14(19(15)3)12-8-9-12/h11-12H,4-10H2,1-3H3,(H,16,20)/t11-/m0/s1. The fourth-order valence-corrected chi connectivity index (χ4v) is 3.85. The second-order valence-electron chi connectivity index (χ2n) is 6.40. The summed E-state index contributed by atoms with van der Waals surface area (Å²) in [6, 6.07) is -0.0224. The Balaban J connectivity index is 1.94. The lowest BCUT2D eigenvalue weighted by Gasteiger charge is -2.13. The molecule has 7 nitrogen and oxygen atoms in total. The second-order valence-corrected chi connectivity index (χ2v) is 8.28. The average molecular weight is 342 g/mol. The summed E-state index contributed by atoms with van der Waals surface area (Å²) in [5.74, 6) is -0.0624. The van der Waals surface area contributed by atoms with E-state index in [-0.39, 0.29) is 11.2 Å². The molecule has 1 atom stereocenters. The second kappa shape index (κ2) is 7.42. The third-order valence-electron chi connectivity index (χ3n) is 4.06. The maximum absolute atomic E-state index is 12.4. The molecule has 1 aromatic rings. The number of rotatable bonds is 9. The van der Waals surface area contributed by atoms with E-state index in [9.17, 15) is 13.2 Å².